The van der Waals surface area contributed by atoms with Gasteiger partial charge in [0.25, 0.3) is 0 Å². The summed E-state index contributed by atoms with van der Waals surface area (Å²) in [4.78, 5) is 0.375. The third-order valence-corrected chi connectivity index (χ3v) is 5.45. The maximum absolute atomic E-state index is 12.4. The van der Waals surface area contributed by atoms with Crippen LogP contribution in [0.1, 0.15) is 37.8 Å². The second-order valence-corrected chi connectivity index (χ2v) is 7.42. The van der Waals surface area contributed by atoms with E-state index in [2.05, 4.69) is 23.9 Å². The smallest absolute Gasteiger partial charge is 0.240 e. The number of sulfonamides is 1. The Morgan fingerprint density at radius 1 is 1.25 bits per heavy atom. The van der Waals surface area contributed by atoms with E-state index < -0.39 is 10.0 Å². The molecule has 2 N–H and O–H groups in total. The van der Waals surface area contributed by atoms with E-state index in [1.165, 1.54) is 5.56 Å². The maximum atomic E-state index is 12.4. The molecule has 1 fully saturated rings. The first-order valence-electron chi connectivity index (χ1n) is 7.25. The first kappa shape index (κ1) is 15.5. The van der Waals surface area contributed by atoms with Crippen LogP contribution >= 0.6 is 0 Å². The van der Waals surface area contributed by atoms with Crippen LogP contribution < -0.4 is 10.0 Å². The molecule has 0 heterocycles. The Kier molecular flexibility index (Phi) is 4.83. The van der Waals surface area contributed by atoms with E-state index in [0.717, 1.165) is 24.8 Å². The summed E-state index contributed by atoms with van der Waals surface area (Å²) in [7, 11) is -1.52. The topological polar surface area (TPSA) is 58.2 Å². The highest BCUT2D eigenvalue weighted by atomic mass is 32.2. The zero-order valence-electron chi connectivity index (χ0n) is 12.4. The lowest BCUT2D eigenvalue weighted by Gasteiger charge is -2.32. The number of hydrogen-bond acceptors (Lipinski definition) is 3. The van der Waals surface area contributed by atoms with Crippen LogP contribution in [0.25, 0.3) is 0 Å². The molecule has 0 amide bonds. The molecule has 0 radical (unpaired) electrons. The summed E-state index contributed by atoms with van der Waals surface area (Å²) in [6.45, 7) is 4.91. The molecule has 1 aliphatic carbocycles. The average molecular weight is 296 g/mol. The first-order chi connectivity index (χ1) is 9.46. The zero-order chi connectivity index (χ0) is 14.8. The van der Waals surface area contributed by atoms with Gasteiger partial charge in [-0.3, -0.25) is 0 Å². The average Bonchev–Trinajstić information content (AvgIpc) is 2.37. The molecule has 0 saturated heterocycles. The molecule has 1 aliphatic rings. The molecule has 1 aromatic rings. The molecule has 0 aromatic heterocycles. The van der Waals surface area contributed by atoms with E-state index in [-0.39, 0.29) is 6.04 Å². The van der Waals surface area contributed by atoms with Gasteiger partial charge in [-0.2, -0.15) is 0 Å². The Balaban J connectivity index is 2.20. The minimum absolute atomic E-state index is 0.105. The fourth-order valence-corrected chi connectivity index (χ4v) is 4.07. The molecule has 0 spiro atoms. The third-order valence-electron chi connectivity index (χ3n) is 3.93. The van der Waals surface area contributed by atoms with Gasteiger partial charge in [0, 0.05) is 12.6 Å². The number of aryl methyl sites for hydroxylation is 1. The molecule has 4 nitrogen and oxygen atoms in total. The monoisotopic (exact) mass is 296 g/mol. The molecule has 2 rings (SSSR count). The van der Waals surface area contributed by atoms with Crippen molar-refractivity contribution < 1.29 is 8.42 Å². The van der Waals surface area contributed by atoms with Gasteiger partial charge in [0.2, 0.25) is 10.0 Å². The van der Waals surface area contributed by atoms with Gasteiger partial charge in [-0.15, -0.1) is 0 Å². The van der Waals surface area contributed by atoms with E-state index in [4.69, 9.17) is 0 Å². The molecule has 0 atom stereocenters. The molecular weight excluding hydrogens is 272 g/mol. The van der Waals surface area contributed by atoms with Gasteiger partial charge >= 0.3 is 0 Å². The fraction of sp³-hybridized carbons (Fsp3) is 0.600. The Hall–Kier alpha value is -0.910. The van der Waals surface area contributed by atoms with Crippen molar-refractivity contribution in [3.8, 4) is 0 Å². The fourth-order valence-electron chi connectivity index (χ4n) is 2.76. The van der Waals surface area contributed by atoms with Gasteiger partial charge in [0.15, 0.2) is 0 Å². The van der Waals surface area contributed by atoms with Crippen LogP contribution in [0.15, 0.2) is 23.1 Å². The third kappa shape index (κ3) is 3.40. The van der Waals surface area contributed by atoms with Crippen molar-refractivity contribution in [1.82, 2.24) is 10.0 Å². The van der Waals surface area contributed by atoms with Crippen molar-refractivity contribution in [2.75, 3.05) is 7.05 Å². The summed E-state index contributed by atoms with van der Waals surface area (Å²) in [5, 5.41) is 3.09. The predicted octanol–water partition coefficient (Wildman–Crippen LogP) is 2.05. The first-order valence-corrected chi connectivity index (χ1v) is 8.73. The molecule has 0 bridgehead atoms. The standard InChI is InChI=1S/C15H24N2O2S/c1-4-12-5-6-15(9-13(12)10-16-3)20(18,19)17-14-7-11(2)8-14/h5-6,9,11,14,16-17H,4,7-8,10H2,1-3H3. The highest BCUT2D eigenvalue weighted by molar-refractivity contribution is 7.89. The zero-order valence-corrected chi connectivity index (χ0v) is 13.3. The summed E-state index contributed by atoms with van der Waals surface area (Å²) < 4.78 is 27.5. The van der Waals surface area contributed by atoms with E-state index >= 15 is 0 Å². The molecule has 5 heteroatoms. The van der Waals surface area contributed by atoms with Gasteiger partial charge in [-0.25, -0.2) is 13.1 Å². The largest absolute Gasteiger partial charge is 0.316 e. The van der Waals surface area contributed by atoms with Crippen molar-refractivity contribution in [2.24, 2.45) is 5.92 Å². The van der Waals surface area contributed by atoms with Gasteiger partial charge in [0.1, 0.15) is 0 Å². The Morgan fingerprint density at radius 3 is 2.50 bits per heavy atom. The molecule has 20 heavy (non-hydrogen) atoms. The minimum Gasteiger partial charge on any atom is -0.316 e. The molecule has 0 unspecified atom stereocenters. The SMILES string of the molecule is CCc1ccc(S(=O)(=O)NC2CC(C)C2)cc1CNC. The Bertz CT molecular complexity index is 563. The number of nitrogens with one attached hydrogen (secondary N) is 2. The van der Waals surface area contributed by atoms with Crippen LogP contribution in [0.2, 0.25) is 0 Å². The summed E-state index contributed by atoms with van der Waals surface area (Å²) in [5.41, 5.74) is 2.25. The lowest BCUT2D eigenvalue weighted by Crippen LogP contribution is -2.43. The number of hydrogen-bond donors (Lipinski definition) is 2. The van der Waals surface area contributed by atoms with Gasteiger partial charge < -0.3 is 5.32 Å². The van der Waals surface area contributed by atoms with Gasteiger partial charge in [0.05, 0.1) is 4.90 Å². The highest BCUT2D eigenvalue weighted by Crippen LogP contribution is 2.28. The normalized spacial score (nSPS) is 22.6. The molecule has 1 aromatic carbocycles. The molecule has 112 valence electrons. The quantitative estimate of drug-likeness (QED) is 0.844. The van der Waals surface area contributed by atoms with E-state index in [0.29, 0.717) is 17.4 Å². The Labute approximate surface area is 122 Å². The van der Waals surface area contributed by atoms with Crippen molar-refractivity contribution in [3.63, 3.8) is 0 Å². The van der Waals surface area contributed by atoms with Crippen LogP contribution in [-0.2, 0) is 23.0 Å². The molecular formula is C15H24N2O2S. The summed E-state index contributed by atoms with van der Waals surface area (Å²) in [6, 6.07) is 5.53. The summed E-state index contributed by atoms with van der Waals surface area (Å²) in [5.74, 6) is 0.630. The van der Waals surface area contributed by atoms with E-state index in [1.807, 2.05) is 13.1 Å². The van der Waals surface area contributed by atoms with Crippen molar-refractivity contribution in [3.05, 3.63) is 29.3 Å². The van der Waals surface area contributed by atoms with Crippen LogP contribution in [0, 0.1) is 5.92 Å². The summed E-state index contributed by atoms with van der Waals surface area (Å²) in [6.07, 6.45) is 2.79. The van der Waals surface area contributed by atoms with E-state index in [1.54, 1.807) is 12.1 Å². The minimum atomic E-state index is -3.39. The van der Waals surface area contributed by atoms with Gasteiger partial charge in [-0.05, 0) is 55.5 Å². The van der Waals surface area contributed by atoms with E-state index in [9.17, 15) is 8.42 Å². The Morgan fingerprint density at radius 2 is 1.95 bits per heavy atom. The maximum Gasteiger partial charge on any atom is 0.240 e. The second-order valence-electron chi connectivity index (χ2n) is 5.71. The van der Waals surface area contributed by atoms with Crippen LogP contribution in [-0.4, -0.2) is 21.5 Å². The van der Waals surface area contributed by atoms with Crippen molar-refractivity contribution in [1.29, 1.82) is 0 Å². The van der Waals surface area contributed by atoms with Crippen molar-refractivity contribution in [2.45, 2.75) is 50.6 Å². The molecule has 0 aliphatic heterocycles. The molecule has 1 saturated carbocycles. The lowest BCUT2D eigenvalue weighted by molar-refractivity contribution is 0.270. The van der Waals surface area contributed by atoms with Crippen LogP contribution in [0.5, 0.6) is 0 Å². The number of rotatable bonds is 6. The predicted molar refractivity (Wildman–Crippen MR) is 81.1 cm³/mol. The lowest BCUT2D eigenvalue weighted by atomic mass is 9.83. The highest BCUT2D eigenvalue weighted by Gasteiger charge is 2.29. The number of benzene rings is 1. The summed E-state index contributed by atoms with van der Waals surface area (Å²) >= 11 is 0. The second kappa shape index (κ2) is 6.24. The van der Waals surface area contributed by atoms with Crippen molar-refractivity contribution >= 4 is 10.0 Å². The van der Waals surface area contributed by atoms with Crippen LogP contribution in [0.4, 0.5) is 0 Å². The van der Waals surface area contributed by atoms with Gasteiger partial charge in [-0.1, -0.05) is 19.9 Å². The van der Waals surface area contributed by atoms with Crippen LogP contribution in [0.3, 0.4) is 0 Å².